The Bertz CT molecular complexity index is 1190. The molecule has 0 saturated heterocycles. The number of unbranched alkanes of at least 4 members (excludes halogenated alkanes) is 7. The number of nitrogens with zero attached hydrogens (tertiary/aromatic N) is 1. The highest BCUT2D eigenvalue weighted by molar-refractivity contribution is 7.47. The molecule has 2 atom stereocenters. The summed E-state index contributed by atoms with van der Waals surface area (Å²) in [5.74, 6) is -0.402. The molecule has 0 fully saturated rings. The van der Waals surface area contributed by atoms with Crippen molar-refractivity contribution in [2.75, 3.05) is 54.1 Å². The van der Waals surface area contributed by atoms with Gasteiger partial charge in [0.1, 0.15) is 19.3 Å². The fourth-order valence-electron chi connectivity index (χ4n) is 4.97. The number of hydrogen-bond donors (Lipinski definition) is 1. The lowest BCUT2D eigenvalue weighted by molar-refractivity contribution is -0.870. The van der Waals surface area contributed by atoms with E-state index in [1.165, 1.54) is 25.7 Å². The molecule has 0 rings (SSSR count). The van der Waals surface area contributed by atoms with Crippen LogP contribution in [0.25, 0.3) is 0 Å². The minimum atomic E-state index is -4.30. The van der Waals surface area contributed by atoms with Gasteiger partial charge in [-0.25, -0.2) is 4.57 Å². The Labute approximate surface area is 337 Å². The van der Waals surface area contributed by atoms with Gasteiger partial charge in [0.05, 0.1) is 34.4 Å². The average molecular weight is 789 g/mol. The molecule has 0 bridgehead atoms. The number of esters is 1. The number of hydrogen-bond acceptors (Lipinski definition) is 6. The zero-order valence-electron chi connectivity index (χ0n) is 35.4. The largest absolute Gasteiger partial charge is 0.472 e. The molecule has 0 amide bonds. The topological polar surface area (TPSA) is 91.3 Å². The van der Waals surface area contributed by atoms with E-state index in [0.717, 1.165) is 77.0 Å². The lowest BCUT2D eigenvalue weighted by Gasteiger charge is -2.24. The van der Waals surface area contributed by atoms with Crippen molar-refractivity contribution in [2.45, 2.75) is 136 Å². The molecular weight excluding hydrogens is 709 g/mol. The van der Waals surface area contributed by atoms with Crippen LogP contribution in [0.2, 0.25) is 0 Å². The van der Waals surface area contributed by atoms with Gasteiger partial charge >= 0.3 is 13.8 Å². The molecule has 0 aliphatic carbocycles. The summed E-state index contributed by atoms with van der Waals surface area (Å²) in [5.41, 5.74) is 0. The summed E-state index contributed by atoms with van der Waals surface area (Å²) < 4.78 is 34.8. The second-order valence-electron chi connectivity index (χ2n) is 14.6. The number of allylic oxidation sites excluding steroid dienone is 16. The fourth-order valence-corrected chi connectivity index (χ4v) is 5.71. The van der Waals surface area contributed by atoms with Gasteiger partial charge in [-0.2, -0.15) is 0 Å². The SMILES string of the molecule is CC/C=C\C/C=C\C/C=C\C/C=C\CCCCCCCCCOCC(COP(=O)(O)OCC[N+](C)(C)C)OC(=O)CC/C=C\C/C=C\C/C=C\C/C=C\CC. The third-order valence-corrected chi connectivity index (χ3v) is 9.14. The number of phosphoric ester groups is 1. The van der Waals surface area contributed by atoms with Crippen LogP contribution in [0.15, 0.2) is 97.2 Å². The molecule has 0 spiro atoms. The van der Waals surface area contributed by atoms with E-state index in [9.17, 15) is 14.3 Å². The third-order valence-electron chi connectivity index (χ3n) is 8.15. The van der Waals surface area contributed by atoms with Gasteiger partial charge in [0.2, 0.25) is 0 Å². The van der Waals surface area contributed by atoms with Crippen molar-refractivity contribution in [1.29, 1.82) is 0 Å². The molecule has 2 unspecified atom stereocenters. The summed E-state index contributed by atoms with van der Waals surface area (Å²) in [7, 11) is 1.60. The molecule has 0 radical (unpaired) electrons. The molecule has 55 heavy (non-hydrogen) atoms. The Hall–Kier alpha value is -2.58. The van der Waals surface area contributed by atoms with Crippen LogP contribution in [0.4, 0.5) is 0 Å². The van der Waals surface area contributed by atoms with Crippen molar-refractivity contribution in [3.8, 4) is 0 Å². The van der Waals surface area contributed by atoms with Gasteiger partial charge in [0.15, 0.2) is 0 Å². The molecule has 0 aromatic rings. The maximum atomic E-state index is 12.6. The van der Waals surface area contributed by atoms with E-state index in [4.69, 9.17) is 18.5 Å². The van der Waals surface area contributed by atoms with Gasteiger partial charge < -0.3 is 18.9 Å². The Morgan fingerprint density at radius 2 is 1.00 bits per heavy atom. The van der Waals surface area contributed by atoms with E-state index in [1.807, 2.05) is 33.3 Å². The van der Waals surface area contributed by atoms with Gasteiger partial charge in [-0.15, -0.1) is 0 Å². The van der Waals surface area contributed by atoms with Crippen LogP contribution < -0.4 is 0 Å². The first-order valence-electron chi connectivity index (χ1n) is 21.0. The molecule has 1 N–H and O–H groups in total. The Morgan fingerprint density at radius 1 is 0.564 bits per heavy atom. The minimum absolute atomic E-state index is 0.0678. The minimum Gasteiger partial charge on any atom is -0.457 e. The van der Waals surface area contributed by atoms with Gasteiger partial charge in [-0.05, 0) is 77.0 Å². The molecule has 0 saturated carbocycles. The number of rotatable bonds is 37. The lowest BCUT2D eigenvalue weighted by Crippen LogP contribution is -2.37. The van der Waals surface area contributed by atoms with Crippen molar-refractivity contribution >= 4 is 13.8 Å². The van der Waals surface area contributed by atoms with E-state index >= 15 is 0 Å². The molecule has 0 aromatic carbocycles. The van der Waals surface area contributed by atoms with E-state index < -0.39 is 19.9 Å². The predicted octanol–water partition coefficient (Wildman–Crippen LogP) is 12.3. The predicted molar refractivity (Wildman–Crippen MR) is 233 cm³/mol. The Balaban J connectivity index is 4.35. The highest BCUT2D eigenvalue weighted by Gasteiger charge is 2.26. The Kier molecular flexibility index (Phi) is 36.5. The maximum absolute atomic E-state index is 12.6. The summed E-state index contributed by atoms with van der Waals surface area (Å²) in [4.78, 5) is 22.8. The molecule has 0 aromatic heterocycles. The lowest BCUT2D eigenvalue weighted by atomic mass is 10.1. The molecule has 8 nitrogen and oxygen atoms in total. The molecule has 9 heteroatoms. The molecule has 314 valence electrons. The summed E-state index contributed by atoms with van der Waals surface area (Å²) in [6, 6.07) is 0. The summed E-state index contributed by atoms with van der Waals surface area (Å²) >= 11 is 0. The van der Waals surface area contributed by atoms with Crippen molar-refractivity contribution in [3.63, 3.8) is 0 Å². The second-order valence-corrected chi connectivity index (χ2v) is 16.1. The monoisotopic (exact) mass is 789 g/mol. The number of quaternary nitrogens is 1. The van der Waals surface area contributed by atoms with Gasteiger partial charge in [-0.3, -0.25) is 13.8 Å². The van der Waals surface area contributed by atoms with Gasteiger partial charge in [0.25, 0.3) is 0 Å². The number of carbonyl (C=O) groups excluding carboxylic acids is 1. The second kappa shape index (κ2) is 38.3. The zero-order valence-corrected chi connectivity index (χ0v) is 36.3. The first-order valence-corrected chi connectivity index (χ1v) is 22.5. The van der Waals surface area contributed by atoms with Crippen LogP contribution in [-0.4, -0.2) is 75.6 Å². The summed E-state index contributed by atoms with van der Waals surface area (Å²) in [6.45, 7) is 5.23. The van der Waals surface area contributed by atoms with Crippen LogP contribution in [0.3, 0.4) is 0 Å². The van der Waals surface area contributed by atoms with Crippen LogP contribution in [-0.2, 0) is 27.9 Å². The number of likely N-dealkylation sites (N-methyl/N-ethyl adjacent to an activating group) is 1. The van der Waals surface area contributed by atoms with Crippen molar-refractivity contribution in [3.05, 3.63) is 97.2 Å². The molecule has 0 aliphatic rings. The van der Waals surface area contributed by atoms with E-state index in [0.29, 0.717) is 24.1 Å². The van der Waals surface area contributed by atoms with E-state index in [1.54, 1.807) is 0 Å². The van der Waals surface area contributed by atoms with Gasteiger partial charge in [-0.1, -0.05) is 143 Å². The quantitative estimate of drug-likeness (QED) is 0.0220. The highest BCUT2D eigenvalue weighted by Crippen LogP contribution is 2.43. The molecule has 0 heterocycles. The maximum Gasteiger partial charge on any atom is 0.472 e. The zero-order chi connectivity index (χ0) is 40.6. The highest BCUT2D eigenvalue weighted by atomic mass is 31.2. The summed E-state index contributed by atoms with van der Waals surface area (Å²) in [6.07, 6.45) is 51.8. The normalized spacial score (nSPS) is 14.8. The first-order chi connectivity index (χ1) is 26.6. The summed E-state index contributed by atoms with van der Waals surface area (Å²) in [5, 5.41) is 0. The van der Waals surface area contributed by atoms with Crippen LogP contribution in [0.5, 0.6) is 0 Å². The standard InChI is InChI=1S/C46H78NO7P/c1-6-8-10-12-14-16-18-20-21-22-23-24-25-26-28-30-32-34-36-38-41-51-43-45(44-53-55(49,50)52-42-40-47(3,4)5)54-46(48)39-37-35-33-31-29-27-19-17-15-13-11-9-7-2/h8-11,14-17,20-21,23-24,27,29,33,35,45H,6-7,12-13,18-19,22,25-26,28,30-32,34,36-44H2,1-5H3/p+1/b10-8-,11-9-,16-14-,17-15-,21-20-,24-23-,29-27-,35-33-. The number of carbonyl (C=O) groups is 1. The number of ether oxygens (including phenoxy) is 2. The van der Waals surface area contributed by atoms with Crippen molar-refractivity contribution in [1.82, 2.24) is 0 Å². The van der Waals surface area contributed by atoms with Crippen molar-refractivity contribution < 1.29 is 37.3 Å². The smallest absolute Gasteiger partial charge is 0.457 e. The molecule has 0 aliphatic heterocycles. The number of phosphoric acid groups is 1. The molecular formula is C46H79NO7P+. The van der Waals surface area contributed by atoms with E-state index in [2.05, 4.69) is 98.9 Å². The van der Waals surface area contributed by atoms with Crippen LogP contribution >= 0.6 is 7.82 Å². The average Bonchev–Trinajstić information content (AvgIpc) is 3.13. The third kappa shape index (κ3) is 42.4. The van der Waals surface area contributed by atoms with Crippen molar-refractivity contribution in [2.24, 2.45) is 0 Å². The van der Waals surface area contributed by atoms with Gasteiger partial charge in [0, 0.05) is 13.0 Å². The van der Waals surface area contributed by atoms with Crippen LogP contribution in [0.1, 0.15) is 129 Å². The Morgan fingerprint density at radius 3 is 1.49 bits per heavy atom. The fraction of sp³-hybridized carbons (Fsp3) is 0.630. The van der Waals surface area contributed by atoms with Crippen LogP contribution in [0, 0.1) is 0 Å². The first kappa shape index (κ1) is 52.4. The van der Waals surface area contributed by atoms with E-state index in [-0.39, 0.29) is 26.2 Å².